The first kappa shape index (κ1) is 11.0. The van der Waals surface area contributed by atoms with Crippen LogP contribution in [0.25, 0.3) is 10.9 Å². The number of aliphatic hydroxyl groups is 1. The van der Waals surface area contributed by atoms with Gasteiger partial charge in [-0.25, -0.2) is 0 Å². The van der Waals surface area contributed by atoms with Gasteiger partial charge in [-0.1, -0.05) is 0 Å². The fraction of sp³-hybridized carbons (Fsp3) is 0.385. The lowest BCUT2D eigenvalue weighted by molar-refractivity contribution is 0.175. The number of methoxy groups -OCH3 is 1. The third kappa shape index (κ3) is 1.91. The molecular formula is C13H17NO2. The molecule has 0 aliphatic rings. The van der Waals surface area contributed by atoms with Gasteiger partial charge in [-0.3, -0.25) is 0 Å². The maximum atomic E-state index is 9.43. The van der Waals surface area contributed by atoms with Crippen molar-refractivity contribution in [1.29, 1.82) is 0 Å². The second kappa shape index (κ2) is 4.18. The molecule has 3 nitrogen and oxygen atoms in total. The lowest BCUT2D eigenvalue weighted by Gasteiger charge is -2.10. The third-order valence-corrected chi connectivity index (χ3v) is 2.72. The lowest BCUT2D eigenvalue weighted by Crippen LogP contribution is -2.10. The molecule has 0 saturated heterocycles. The number of aromatic nitrogens is 1. The molecule has 1 aromatic carbocycles. The molecule has 1 atom stereocenters. The first-order valence-electron chi connectivity index (χ1n) is 5.43. The molecule has 0 aliphatic carbocycles. The highest BCUT2D eigenvalue weighted by Crippen LogP contribution is 2.26. The molecule has 0 aliphatic heterocycles. The van der Waals surface area contributed by atoms with Crippen LogP contribution >= 0.6 is 0 Å². The highest BCUT2D eigenvalue weighted by Gasteiger charge is 2.07. The Balaban J connectivity index is 2.55. The van der Waals surface area contributed by atoms with Gasteiger partial charge in [-0.05, 0) is 37.6 Å². The van der Waals surface area contributed by atoms with E-state index in [2.05, 4.69) is 11.5 Å². The van der Waals surface area contributed by atoms with Crippen LogP contribution in [0.15, 0.2) is 24.4 Å². The van der Waals surface area contributed by atoms with E-state index in [9.17, 15) is 5.11 Å². The van der Waals surface area contributed by atoms with Crippen LogP contribution in [0, 0.1) is 6.92 Å². The van der Waals surface area contributed by atoms with Gasteiger partial charge in [-0.2, -0.15) is 0 Å². The van der Waals surface area contributed by atoms with E-state index in [-0.39, 0.29) is 6.10 Å². The molecule has 2 aromatic rings. The highest BCUT2D eigenvalue weighted by atomic mass is 16.5. The quantitative estimate of drug-likeness (QED) is 0.859. The largest absolute Gasteiger partial charge is 0.497 e. The molecule has 0 unspecified atom stereocenters. The number of rotatable bonds is 3. The Bertz CT molecular complexity index is 500. The summed E-state index contributed by atoms with van der Waals surface area (Å²) in [7, 11) is 1.67. The zero-order valence-corrected chi connectivity index (χ0v) is 9.90. The van der Waals surface area contributed by atoms with E-state index in [1.54, 1.807) is 14.0 Å². The van der Waals surface area contributed by atoms with E-state index in [0.29, 0.717) is 6.54 Å². The zero-order chi connectivity index (χ0) is 11.7. The van der Waals surface area contributed by atoms with Crippen LogP contribution in [-0.2, 0) is 6.54 Å². The molecule has 1 aromatic heterocycles. The van der Waals surface area contributed by atoms with Crippen molar-refractivity contribution < 1.29 is 9.84 Å². The van der Waals surface area contributed by atoms with Crippen LogP contribution in [0.2, 0.25) is 0 Å². The Morgan fingerprint density at radius 1 is 1.44 bits per heavy atom. The van der Waals surface area contributed by atoms with Crippen LogP contribution in [0.3, 0.4) is 0 Å². The first-order valence-corrected chi connectivity index (χ1v) is 5.43. The molecular weight excluding hydrogens is 202 g/mol. The van der Waals surface area contributed by atoms with Crippen LogP contribution in [0.4, 0.5) is 0 Å². The molecule has 2 rings (SSSR count). The molecule has 3 heteroatoms. The van der Waals surface area contributed by atoms with Gasteiger partial charge in [0.15, 0.2) is 0 Å². The molecule has 0 fully saturated rings. The number of hydrogen-bond donors (Lipinski definition) is 1. The Hall–Kier alpha value is -1.48. The molecule has 16 heavy (non-hydrogen) atoms. The molecule has 0 radical (unpaired) electrons. The number of aryl methyl sites for hydroxylation is 1. The Kier molecular flexibility index (Phi) is 2.88. The Morgan fingerprint density at radius 3 is 2.81 bits per heavy atom. The number of benzene rings is 1. The summed E-state index contributed by atoms with van der Waals surface area (Å²) in [5.74, 6) is 0.875. The minimum Gasteiger partial charge on any atom is -0.497 e. The normalized spacial score (nSPS) is 13.0. The fourth-order valence-electron chi connectivity index (χ4n) is 2.09. The molecule has 1 heterocycles. The monoisotopic (exact) mass is 219 g/mol. The molecule has 0 bridgehead atoms. The summed E-state index contributed by atoms with van der Waals surface area (Å²) in [6, 6.07) is 6.08. The summed E-state index contributed by atoms with van der Waals surface area (Å²) in [6.07, 6.45) is 1.67. The SMILES string of the molecule is COc1cc(C)c2c(ccn2C[C@H](C)O)c1. The van der Waals surface area contributed by atoms with Crippen molar-refractivity contribution in [3.05, 3.63) is 30.0 Å². The molecule has 1 N–H and O–H groups in total. The minimum absolute atomic E-state index is 0.336. The van der Waals surface area contributed by atoms with Gasteiger partial charge >= 0.3 is 0 Å². The maximum Gasteiger partial charge on any atom is 0.119 e. The van der Waals surface area contributed by atoms with Gasteiger partial charge in [0.25, 0.3) is 0 Å². The number of ether oxygens (including phenoxy) is 1. The van der Waals surface area contributed by atoms with Crippen molar-refractivity contribution in [3.8, 4) is 5.75 Å². The van der Waals surface area contributed by atoms with Crippen molar-refractivity contribution in [2.24, 2.45) is 0 Å². The smallest absolute Gasteiger partial charge is 0.119 e. The van der Waals surface area contributed by atoms with Crippen LogP contribution in [0.5, 0.6) is 5.75 Å². The number of aliphatic hydroxyl groups excluding tert-OH is 1. The molecule has 0 amide bonds. The van der Waals surface area contributed by atoms with Crippen LogP contribution < -0.4 is 4.74 Å². The van der Waals surface area contributed by atoms with Gasteiger partial charge in [0.05, 0.1) is 18.7 Å². The van der Waals surface area contributed by atoms with Crippen LogP contribution in [0.1, 0.15) is 12.5 Å². The van der Waals surface area contributed by atoms with Gasteiger partial charge < -0.3 is 14.4 Å². The second-order valence-corrected chi connectivity index (χ2v) is 4.20. The second-order valence-electron chi connectivity index (χ2n) is 4.20. The summed E-state index contributed by atoms with van der Waals surface area (Å²) in [5.41, 5.74) is 2.33. The highest BCUT2D eigenvalue weighted by molar-refractivity contribution is 5.84. The van der Waals surface area contributed by atoms with Crippen molar-refractivity contribution in [3.63, 3.8) is 0 Å². The van der Waals surface area contributed by atoms with E-state index >= 15 is 0 Å². The zero-order valence-electron chi connectivity index (χ0n) is 9.90. The average Bonchev–Trinajstić information content (AvgIpc) is 2.60. The molecule has 0 saturated carbocycles. The van der Waals surface area contributed by atoms with Gasteiger partial charge in [0.2, 0.25) is 0 Å². The minimum atomic E-state index is -0.336. The van der Waals surface area contributed by atoms with Crippen molar-refractivity contribution >= 4 is 10.9 Å². The van der Waals surface area contributed by atoms with Crippen molar-refractivity contribution in [1.82, 2.24) is 4.57 Å². The maximum absolute atomic E-state index is 9.43. The van der Waals surface area contributed by atoms with E-state index in [1.807, 2.05) is 24.4 Å². The fourth-order valence-corrected chi connectivity index (χ4v) is 2.09. The molecule has 86 valence electrons. The van der Waals surface area contributed by atoms with E-state index in [4.69, 9.17) is 4.74 Å². The Morgan fingerprint density at radius 2 is 2.19 bits per heavy atom. The third-order valence-electron chi connectivity index (χ3n) is 2.72. The van der Waals surface area contributed by atoms with Gasteiger partial charge in [0.1, 0.15) is 5.75 Å². The van der Waals surface area contributed by atoms with Crippen molar-refractivity contribution in [2.45, 2.75) is 26.5 Å². The van der Waals surface area contributed by atoms with E-state index < -0.39 is 0 Å². The summed E-state index contributed by atoms with van der Waals surface area (Å²) >= 11 is 0. The predicted octanol–water partition coefficient (Wildman–Crippen LogP) is 2.34. The van der Waals surface area contributed by atoms with Crippen LogP contribution in [-0.4, -0.2) is 22.9 Å². The molecule has 0 spiro atoms. The summed E-state index contributed by atoms with van der Waals surface area (Å²) < 4.78 is 7.31. The van der Waals surface area contributed by atoms with Gasteiger partial charge in [-0.15, -0.1) is 0 Å². The summed E-state index contributed by atoms with van der Waals surface area (Å²) in [5, 5.41) is 10.6. The lowest BCUT2D eigenvalue weighted by atomic mass is 10.1. The first-order chi connectivity index (χ1) is 7.61. The van der Waals surface area contributed by atoms with E-state index in [0.717, 1.165) is 11.1 Å². The number of fused-ring (bicyclic) bond motifs is 1. The average molecular weight is 219 g/mol. The standard InChI is InChI=1S/C13H17NO2/c1-9-6-12(16-3)7-11-4-5-14(13(9)11)8-10(2)15/h4-7,10,15H,8H2,1-3H3/t10-/m0/s1. The summed E-state index contributed by atoms with van der Waals surface area (Å²) in [6.45, 7) is 4.48. The Labute approximate surface area is 95.3 Å². The topological polar surface area (TPSA) is 34.4 Å². The van der Waals surface area contributed by atoms with E-state index in [1.165, 1.54) is 11.1 Å². The number of nitrogens with zero attached hydrogens (tertiary/aromatic N) is 1. The van der Waals surface area contributed by atoms with Crippen molar-refractivity contribution in [2.75, 3.05) is 7.11 Å². The van der Waals surface area contributed by atoms with Gasteiger partial charge in [0, 0.05) is 18.1 Å². The predicted molar refractivity (Wildman–Crippen MR) is 64.9 cm³/mol. The number of hydrogen-bond acceptors (Lipinski definition) is 2. The summed E-state index contributed by atoms with van der Waals surface area (Å²) in [4.78, 5) is 0.